The van der Waals surface area contributed by atoms with Crippen LogP contribution in [0.15, 0.2) is 18.2 Å². The fraction of sp³-hybridized carbons (Fsp3) is 0.100. The zero-order valence-corrected chi connectivity index (χ0v) is 8.42. The van der Waals surface area contributed by atoms with E-state index < -0.39 is 17.4 Å². The van der Waals surface area contributed by atoms with Crippen LogP contribution in [-0.2, 0) is 0 Å². The molecule has 0 bridgehead atoms. The molecule has 1 aromatic carbocycles. The molecule has 3 N–H and O–H groups in total. The van der Waals surface area contributed by atoms with Gasteiger partial charge in [0, 0.05) is 11.6 Å². The van der Waals surface area contributed by atoms with E-state index in [0.29, 0.717) is 11.5 Å². The first-order valence-corrected chi connectivity index (χ1v) is 4.46. The van der Waals surface area contributed by atoms with E-state index in [2.05, 4.69) is 14.9 Å². The van der Waals surface area contributed by atoms with Crippen molar-refractivity contribution in [3.8, 4) is 17.0 Å². The van der Waals surface area contributed by atoms with Gasteiger partial charge in [0.05, 0.1) is 12.8 Å². The third kappa shape index (κ3) is 1.58. The van der Waals surface area contributed by atoms with Crippen molar-refractivity contribution in [2.75, 3.05) is 12.8 Å². The zero-order valence-electron chi connectivity index (χ0n) is 8.42. The van der Waals surface area contributed by atoms with Crippen LogP contribution in [0.3, 0.4) is 0 Å². The van der Waals surface area contributed by atoms with Gasteiger partial charge in [-0.3, -0.25) is 5.10 Å². The number of benzene rings is 1. The Labute approximate surface area is 90.0 Å². The molecule has 1 aromatic heterocycles. The number of nitrogens with one attached hydrogen (secondary N) is 1. The van der Waals surface area contributed by atoms with E-state index in [1.54, 1.807) is 0 Å². The summed E-state index contributed by atoms with van der Waals surface area (Å²) < 4.78 is 31.5. The predicted molar refractivity (Wildman–Crippen MR) is 54.9 cm³/mol. The van der Waals surface area contributed by atoms with Crippen LogP contribution in [0, 0.1) is 11.6 Å². The summed E-state index contributed by atoms with van der Waals surface area (Å²) in [4.78, 5) is 0. The summed E-state index contributed by atoms with van der Waals surface area (Å²) in [5.41, 5.74) is 5.85. The lowest BCUT2D eigenvalue weighted by Crippen LogP contribution is -1.95. The maximum Gasteiger partial charge on any atom is 0.191 e. The lowest BCUT2D eigenvalue weighted by molar-refractivity contribution is 0.360. The average Bonchev–Trinajstić information content (AvgIpc) is 2.65. The van der Waals surface area contributed by atoms with Crippen LogP contribution in [0.4, 0.5) is 14.6 Å². The molecule has 0 aliphatic carbocycles. The van der Waals surface area contributed by atoms with Crippen molar-refractivity contribution in [1.82, 2.24) is 10.2 Å². The molecule has 4 nitrogen and oxygen atoms in total. The minimum absolute atomic E-state index is 0.131. The molecule has 84 valence electrons. The number of anilines is 1. The van der Waals surface area contributed by atoms with Crippen LogP contribution in [0.2, 0.25) is 0 Å². The summed E-state index contributed by atoms with van der Waals surface area (Å²) in [6, 6.07) is 3.85. The molecular formula is C10H9F2N3O. The molecular weight excluding hydrogens is 216 g/mol. The Morgan fingerprint density at radius 3 is 2.69 bits per heavy atom. The van der Waals surface area contributed by atoms with Gasteiger partial charge in [-0.15, -0.1) is 0 Å². The van der Waals surface area contributed by atoms with Gasteiger partial charge >= 0.3 is 0 Å². The highest BCUT2D eigenvalue weighted by molar-refractivity contribution is 5.64. The minimum Gasteiger partial charge on any atom is -0.491 e. The highest BCUT2D eigenvalue weighted by atomic mass is 19.1. The van der Waals surface area contributed by atoms with E-state index in [1.165, 1.54) is 19.2 Å². The van der Waals surface area contributed by atoms with Crippen LogP contribution < -0.4 is 10.5 Å². The van der Waals surface area contributed by atoms with Crippen molar-refractivity contribution in [1.29, 1.82) is 0 Å². The number of halogens is 2. The smallest absolute Gasteiger partial charge is 0.191 e. The minimum atomic E-state index is -0.797. The van der Waals surface area contributed by atoms with Gasteiger partial charge in [0.15, 0.2) is 17.4 Å². The summed E-state index contributed by atoms with van der Waals surface area (Å²) >= 11 is 0. The Morgan fingerprint density at radius 2 is 2.12 bits per heavy atom. The maximum atomic E-state index is 13.8. The molecule has 0 saturated heterocycles. The molecule has 16 heavy (non-hydrogen) atoms. The normalized spacial score (nSPS) is 10.4. The lowest BCUT2D eigenvalue weighted by atomic mass is 10.1. The Hall–Kier alpha value is -2.11. The number of aromatic amines is 1. The first kappa shape index (κ1) is 10.4. The Balaban J connectivity index is 2.58. The first-order chi connectivity index (χ1) is 7.63. The number of rotatable bonds is 2. The molecule has 0 atom stereocenters. The summed E-state index contributed by atoms with van der Waals surface area (Å²) in [5.74, 6) is -1.68. The van der Waals surface area contributed by atoms with E-state index in [0.717, 1.165) is 6.07 Å². The second-order valence-corrected chi connectivity index (χ2v) is 3.15. The summed E-state index contributed by atoms with van der Waals surface area (Å²) in [6.45, 7) is 0. The number of nitrogens with zero attached hydrogens (tertiary/aromatic N) is 1. The summed E-state index contributed by atoms with van der Waals surface area (Å²) in [6.07, 6.45) is 0. The lowest BCUT2D eigenvalue weighted by Gasteiger charge is -2.06. The molecule has 1 heterocycles. The number of hydrogen-bond acceptors (Lipinski definition) is 3. The number of nitrogens with two attached hydrogens (primary N) is 1. The van der Waals surface area contributed by atoms with Crippen molar-refractivity contribution in [2.24, 2.45) is 0 Å². The van der Waals surface area contributed by atoms with Crippen molar-refractivity contribution < 1.29 is 13.5 Å². The monoisotopic (exact) mass is 225 g/mol. The van der Waals surface area contributed by atoms with Crippen LogP contribution in [0.1, 0.15) is 0 Å². The quantitative estimate of drug-likeness (QED) is 0.820. The SMILES string of the molecule is COc1c(F)ccc(-c2cc(N)[nH]n2)c1F. The molecule has 0 aliphatic heterocycles. The molecule has 0 fully saturated rings. The standard InChI is InChI=1S/C10H9F2N3O/c1-16-10-6(11)3-2-5(9(10)12)7-4-8(13)15-14-7/h2-4H,1H3,(H3,13,14,15). The number of ether oxygens (including phenoxy) is 1. The van der Waals surface area contributed by atoms with E-state index in [9.17, 15) is 8.78 Å². The molecule has 6 heteroatoms. The van der Waals surface area contributed by atoms with Crippen molar-refractivity contribution in [3.05, 3.63) is 29.8 Å². The molecule has 0 unspecified atom stereocenters. The second kappa shape index (κ2) is 3.80. The summed E-state index contributed by atoms with van der Waals surface area (Å²) in [5, 5.41) is 6.26. The second-order valence-electron chi connectivity index (χ2n) is 3.15. The summed E-state index contributed by atoms with van der Waals surface area (Å²) in [7, 11) is 1.20. The van der Waals surface area contributed by atoms with Gasteiger partial charge in [-0.05, 0) is 12.1 Å². The average molecular weight is 225 g/mol. The molecule has 2 rings (SSSR count). The highest BCUT2D eigenvalue weighted by Crippen LogP contribution is 2.30. The third-order valence-corrected chi connectivity index (χ3v) is 2.13. The van der Waals surface area contributed by atoms with Crippen molar-refractivity contribution >= 4 is 5.82 Å². The largest absolute Gasteiger partial charge is 0.491 e. The fourth-order valence-corrected chi connectivity index (χ4v) is 1.39. The van der Waals surface area contributed by atoms with Gasteiger partial charge < -0.3 is 10.5 Å². The van der Waals surface area contributed by atoms with Gasteiger partial charge in [-0.1, -0.05) is 0 Å². The fourth-order valence-electron chi connectivity index (χ4n) is 1.39. The van der Waals surface area contributed by atoms with E-state index in [-0.39, 0.29) is 5.56 Å². The highest BCUT2D eigenvalue weighted by Gasteiger charge is 2.16. The molecule has 0 saturated carbocycles. The predicted octanol–water partition coefficient (Wildman–Crippen LogP) is 1.95. The van der Waals surface area contributed by atoms with E-state index >= 15 is 0 Å². The van der Waals surface area contributed by atoms with Gasteiger partial charge in [0.25, 0.3) is 0 Å². The van der Waals surface area contributed by atoms with Crippen LogP contribution in [-0.4, -0.2) is 17.3 Å². The van der Waals surface area contributed by atoms with E-state index in [1.807, 2.05) is 0 Å². The molecule has 0 spiro atoms. The van der Waals surface area contributed by atoms with Gasteiger partial charge in [0.1, 0.15) is 5.82 Å². The van der Waals surface area contributed by atoms with Gasteiger partial charge in [-0.25, -0.2) is 8.78 Å². The molecule has 2 aromatic rings. The Kier molecular flexibility index (Phi) is 2.47. The number of methoxy groups -OCH3 is 1. The number of hydrogen-bond donors (Lipinski definition) is 2. The van der Waals surface area contributed by atoms with Crippen molar-refractivity contribution in [2.45, 2.75) is 0 Å². The Morgan fingerprint density at radius 1 is 1.38 bits per heavy atom. The van der Waals surface area contributed by atoms with Crippen LogP contribution >= 0.6 is 0 Å². The zero-order chi connectivity index (χ0) is 11.7. The first-order valence-electron chi connectivity index (χ1n) is 4.46. The van der Waals surface area contributed by atoms with Crippen LogP contribution in [0.5, 0.6) is 5.75 Å². The maximum absolute atomic E-state index is 13.8. The van der Waals surface area contributed by atoms with Crippen molar-refractivity contribution in [3.63, 3.8) is 0 Å². The number of nitrogen functional groups attached to an aromatic ring is 1. The molecule has 0 radical (unpaired) electrons. The molecule has 0 amide bonds. The number of H-pyrrole nitrogens is 1. The van der Waals surface area contributed by atoms with Crippen LogP contribution in [0.25, 0.3) is 11.3 Å². The van der Waals surface area contributed by atoms with Gasteiger partial charge in [0.2, 0.25) is 0 Å². The number of aromatic nitrogens is 2. The van der Waals surface area contributed by atoms with Gasteiger partial charge in [-0.2, -0.15) is 5.10 Å². The molecule has 0 aliphatic rings. The third-order valence-electron chi connectivity index (χ3n) is 2.13. The topological polar surface area (TPSA) is 63.9 Å². The Bertz CT molecular complexity index is 525. The van der Waals surface area contributed by atoms with E-state index in [4.69, 9.17) is 5.73 Å².